The third-order valence-corrected chi connectivity index (χ3v) is 3.99. The van der Waals surface area contributed by atoms with Gasteiger partial charge in [0, 0.05) is 0 Å². The fourth-order valence-electron chi connectivity index (χ4n) is 2.16. The first-order chi connectivity index (χ1) is 8.04. The Morgan fingerprint density at radius 3 is 2.76 bits per heavy atom. The molecule has 0 aromatic carbocycles. The molecule has 0 N–H and O–H groups in total. The Labute approximate surface area is 105 Å². The summed E-state index contributed by atoms with van der Waals surface area (Å²) in [6.45, 7) is 8.93. The van der Waals surface area contributed by atoms with Gasteiger partial charge in [-0.25, -0.2) is 0 Å². The highest BCUT2D eigenvalue weighted by Crippen LogP contribution is 2.29. The number of rotatable bonds is 5. The first-order valence-electron chi connectivity index (χ1n) is 6.86. The first kappa shape index (κ1) is 14.3. The molecular weight excluding hydrogens is 212 g/mol. The van der Waals surface area contributed by atoms with Crippen molar-refractivity contribution >= 4 is 5.97 Å². The summed E-state index contributed by atoms with van der Waals surface area (Å²) >= 11 is 0. The lowest BCUT2D eigenvalue weighted by Gasteiger charge is -2.26. The van der Waals surface area contributed by atoms with Crippen molar-refractivity contribution in [3.8, 4) is 0 Å². The largest absolute Gasteiger partial charge is 0.465 e. The predicted octanol–water partition coefficient (Wildman–Crippen LogP) is 3.96. The van der Waals surface area contributed by atoms with Crippen molar-refractivity contribution < 1.29 is 9.53 Å². The number of esters is 1. The summed E-state index contributed by atoms with van der Waals surface area (Å²) in [6, 6.07) is 0. The van der Waals surface area contributed by atoms with E-state index in [-0.39, 0.29) is 11.9 Å². The quantitative estimate of drug-likeness (QED) is 0.535. The molecule has 0 aliphatic heterocycles. The van der Waals surface area contributed by atoms with Crippen LogP contribution in [0.3, 0.4) is 0 Å². The van der Waals surface area contributed by atoms with Crippen LogP contribution in [0.4, 0.5) is 0 Å². The molecule has 3 atom stereocenters. The molecular formula is C15H26O2. The molecule has 0 heterocycles. The zero-order valence-electron chi connectivity index (χ0n) is 11.7. The van der Waals surface area contributed by atoms with Crippen molar-refractivity contribution in [1.82, 2.24) is 0 Å². The van der Waals surface area contributed by atoms with E-state index < -0.39 is 0 Å². The first-order valence-corrected chi connectivity index (χ1v) is 6.86. The maximum Gasteiger partial charge on any atom is 0.308 e. The van der Waals surface area contributed by atoms with E-state index in [1.807, 2.05) is 13.8 Å². The van der Waals surface area contributed by atoms with Gasteiger partial charge in [0.25, 0.3) is 0 Å². The third-order valence-electron chi connectivity index (χ3n) is 3.99. The Hall–Kier alpha value is -0.790. The summed E-state index contributed by atoms with van der Waals surface area (Å²) in [7, 11) is 0. The van der Waals surface area contributed by atoms with Gasteiger partial charge in [0.05, 0.1) is 12.5 Å². The molecule has 0 fully saturated rings. The second-order valence-electron chi connectivity index (χ2n) is 5.50. The summed E-state index contributed by atoms with van der Waals surface area (Å²) in [6.07, 6.45) is 6.78. The van der Waals surface area contributed by atoms with Gasteiger partial charge in [-0.2, -0.15) is 0 Å². The van der Waals surface area contributed by atoms with Crippen LogP contribution >= 0.6 is 0 Å². The maximum atomic E-state index is 11.6. The molecule has 0 radical (unpaired) electrons. The summed E-state index contributed by atoms with van der Waals surface area (Å²) in [5, 5.41) is 0. The fraction of sp³-hybridized carbons (Fsp3) is 0.800. The van der Waals surface area contributed by atoms with E-state index in [0.717, 1.165) is 12.8 Å². The van der Waals surface area contributed by atoms with Gasteiger partial charge >= 0.3 is 5.97 Å². The number of carbonyl (C=O) groups excluding carboxylic acids is 1. The summed E-state index contributed by atoms with van der Waals surface area (Å²) in [5.41, 5.74) is 1.50. The Balaban J connectivity index is 2.30. The Kier molecular flexibility index (Phi) is 5.73. The van der Waals surface area contributed by atoms with Crippen molar-refractivity contribution in [2.45, 2.75) is 53.4 Å². The standard InChI is InChI=1S/C15H26O2/c1-5-12(3)15(16)17-10-13(4)14-8-6-11(2)7-9-14/h6,12-14H,5,7-10H2,1-4H3. The zero-order valence-corrected chi connectivity index (χ0v) is 11.7. The highest BCUT2D eigenvalue weighted by atomic mass is 16.5. The van der Waals surface area contributed by atoms with E-state index in [4.69, 9.17) is 4.74 Å². The fourth-order valence-corrected chi connectivity index (χ4v) is 2.16. The number of carbonyl (C=O) groups is 1. The van der Waals surface area contributed by atoms with Crippen molar-refractivity contribution in [2.75, 3.05) is 6.61 Å². The Bertz CT molecular complexity index is 281. The van der Waals surface area contributed by atoms with Crippen LogP contribution in [0, 0.1) is 17.8 Å². The van der Waals surface area contributed by atoms with Gasteiger partial charge in [-0.15, -0.1) is 0 Å². The van der Waals surface area contributed by atoms with Crippen LogP contribution in [-0.2, 0) is 9.53 Å². The molecule has 98 valence electrons. The third kappa shape index (κ3) is 4.53. The van der Waals surface area contributed by atoms with Crippen LogP contribution in [0.1, 0.15) is 53.4 Å². The molecule has 1 aliphatic rings. The van der Waals surface area contributed by atoms with Crippen molar-refractivity contribution in [2.24, 2.45) is 17.8 Å². The Morgan fingerprint density at radius 1 is 1.53 bits per heavy atom. The highest BCUT2D eigenvalue weighted by molar-refractivity contribution is 5.71. The average Bonchev–Trinajstić information content (AvgIpc) is 2.35. The van der Waals surface area contributed by atoms with Gasteiger partial charge in [-0.1, -0.05) is 32.4 Å². The molecule has 1 rings (SSSR count). The van der Waals surface area contributed by atoms with Crippen molar-refractivity contribution in [1.29, 1.82) is 0 Å². The minimum Gasteiger partial charge on any atom is -0.465 e. The molecule has 0 saturated heterocycles. The molecule has 1 aliphatic carbocycles. The van der Waals surface area contributed by atoms with Crippen LogP contribution in [0.5, 0.6) is 0 Å². The lowest BCUT2D eigenvalue weighted by atomic mass is 9.82. The Morgan fingerprint density at radius 2 is 2.24 bits per heavy atom. The molecule has 0 spiro atoms. The summed E-state index contributed by atoms with van der Waals surface area (Å²) in [4.78, 5) is 11.6. The molecule has 0 aromatic heterocycles. The lowest BCUT2D eigenvalue weighted by Crippen LogP contribution is -2.23. The smallest absolute Gasteiger partial charge is 0.308 e. The molecule has 2 nitrogen and oxygen atoms in total. The van der Waals surface area contributed by atoms with Gasteiger partial charge in [0.15, 0.2) is 0 Å². The molecule has 0 aromatic rings. The number of hydrogen-bond donors (Lipinski definition) is 0. The average molecular weight is 238 g/mol. The normalized spacial score (nSPS) is 23.8. The van der Waals surface area contributed by atoms with Gasteiger partial charge in [0.2, 0.25) is 0 Å². The second kappa shape index (κ2) is 6.83. The van der Waals surface area contributed by atoms with Crippen molar-refractivity contribution in [3.05, 3.63) is 11.6 Å². The summed E-state index contributed by atoms with van der Waals surface area (Å²) < 4.78 is 5.38. The topological polar surface area (TPSA) is 26.3 Å². The highest BCUT2D eigenvalue weighted by Gasteiger charge is 2.21. The number of hydrogen-bond acceptors (Lipinski definition) is 2. The minimum atomic E-state index is -0.0399. The molecule has 2 heteroatoms. The number of ether oxygens (including phenoxy) is 1. The van der Waals surface area contributed by atoms with Crippen LogP contribution in [0.2, 0.25) is 0 Å². The molecule has 0 saturated carbocycles. The van der Waals surface area contributed by atoms with Crippen LogP contribution in [-0.4, -0.2) is 12.6 Å². The predicted molar refractivity (Wildman–Crippen MR) is 70.7 cm³/mol. The van der Waals surface area contributed by atoms with E-state index in [1.54, 1.807) is 0 Å². The van der Waals surface area contributed by atoms with E-state index in [2.05, 4.69) is 19.9 Å². The van der Waals surface area contributed by atoms with Crippen LogP contribution < -0.4 is 0 Å². The van der Waals surface area contributed by atoms with Gasteiger partial charge in [-0.3, -0.25) is 4.79 Å². The van der Waals surface area contributed by atoms with Gasteiger partial charge in [0.1, 0.15) is 0 Å². The molecule has 17 heavy (non-hydrogen) atoms. The summed E-state index contributed by atoms with van der Waals surface area (Å²) in [5.74, 6) is 1.16. The SMILES string of the molecule is CCC(C)C(=O)OCC(C)C1CC=C(C)CC1. The minimum absolute atomic E-state index is 0.0377. The van der Waals surface area contributed by atoms with Gasteiger partial charge < -0.3 is 4.74 Å². The van der Waals surface area contributed by atoms with Crippen LogP contribution in [0.15, 0.2) is 11.6 Å². The lowest BCUT2D eigenvalue weighted by molar-refractivity contribution is -0.149. The van der Waals surface area contributed by atoms with Crippen molar-refractivity contribution in [3.63, 3.8) is 0 Å². The second-order valence-corrected chi connectivity index (χ2v) is 5.50. The van der Waals surface area contributed by atoms with Crippen LogP contribution in [0.25, 0.3) is 0 Å². The van der Waals surface area contributed by atoms with E-state index >= 15 is 0 Å². The van der Waals surface area contributed by atoms with E-state index in [9.17, 15) is 4.79 Å². The molecule has 0 bridgehead atoms. The number of allylic oxidation sites excluding steroid dienone is 2. The molecule has 0 amide bonds. The van der Waals surface area contributed by atoms with E-state index in [1.165, 1.54) is 18.4 Å². The van der Waals surface area contributed by atoms with Gasteiger partial charge in [-0.05, 0) is 44.4 Å². The monoisotopic (exact) mass is 238 g/mol. The maximum absolute atomic E-state index is 11.6. The molecule has 3 unspecified atom stereocenters. The zero-order chi connectivity index (χ0) is 12.8. The van der Waals surface area contributed by atoms with E-state index in [0.29, 0.717) is 18.4 Å².